The molecule has 17 heavy (non-hydrogen) atoms. The highest BCUT2D eigenvalue weighted by Gasteiger charge is 2.25. The summed E-state index contributed by atoms with van der Waals surface area (Å²) in [7, 11) is 2.03. The summed E-state index contributed by atoms with van der Waals surface area (Å²) in [5.41, 5.74) is 1.87. The first-order valence-corrected chi connectivity index (χ1v) is 5.87. The van der Waals surface area contributed by atoms with Gasteiger partial charge in [-0.25, -0.2) is 0 Å². The van der Waals surface area contributed by atoms with E-state index in [1.807, 2.05) is 25.2 Å². The fourth-order valence-electron chi connectivity index (χ4n) is 1.99. The number of fused-ring (bicyclic) bond motifs is 1. The Hall–Kier alpha value is -1.48. The Balaban J connectivity index is 2.40. The number of benzene rings is 1. The van der Waals surface area contributed by atoms with Crippen molar-refractivity contribution < 1.29 is 9.52 Å². The SMILES string of the molecule is CN(c1coc2ccccc12)C(C)(C)CCO. The molecule has 92 valence electrons. The highest BCUT2D eigenvalue weighted by atomic mass is 16.3. The summed E-state index contributed by atoms with van der Waals surface area (Å²) < 4.78 is 5.54. The molecule has 0 aliphatic heterocycles. The predicted molar refractivity (Wildman–Crippen MR) is 70.4 cm³/mol. The van der Waals surface area contributed by atoms with Gasteiger partial charge in [-0.1, -0.05) is 12.1 Å². The quantitative estimate of drug-likeness (QED) is 0.881. The van der Waals surface area contributed by atoms with Gasteiger partial charge in [-0.15, -0.1) is 0 Å². The minimum absolute atomic E-state index is 0.0958. The van der Waals surface area contributed by atoms with Gasteiger partial charge in [0.25, 0.3) is 0 Å². The van der Waals surface area contributed by atoms with Crippen LogP contribution in [0.2, 0.25) is 0 Å². The molecule has 0 bridgehead atoms. The number of furan rings is 1. The number of para-hydroxylation sites is 1. The molecule has 0 aliphatic rings. The van der Waals surface area contributed by atoms with E-state index in [0.717, 1.165) is 23.1 Å². The van der Waals surface area contributed by atoms with Crippen molar-refractivity contribution in [2.45, 2.75) is 25.8 Å². The summed E-state index contributed by atoms with van der Waals surface area (Å²) in [6.45, 7) is 4.42. The molecule has 3 heteroatoms. The van der Waals surface area contributed by atoms with Gasteiger partial charge in [-0.2, -0.15) is 0 Å². The van der Waals surface area contributed by atoms with Gasteiger partial charge in [0.15, 0.2) is 0 Å². The molecule has 0 radical (unpaired) electrons. The molecule has 3 nitrogen and oxygen atoms in total. The van der Waals surface area contributed by atoms with Crippen molar-refractivity contribution in [3.05, 3.63) is 30.5 Å². The van der Waals surface area contributed by atoms with Crippen LogP contribution < -0.4 is 4.90 Å². The maximum absolute atomic E-state index is 9.11. The van der Waals surface area contributed by atoms with Crippen molar-refractivity contribution in [3.63, 3.8) is 0 Å². The van der Waals surface area contributed by atoms with Gasteiger partial charge < -0.3 is 14.4 Å². The van der Waals surface area contributed by atoms with E-state index in [-0.39, 0.29) is 12.1 Å². The lowest BCUT2D eigenvalue weighted by Gasteiger charge is -2.36. The van der Waals surface area contributed by atoms with Crippen LogP contribution in [-0.2, 0) is 0 Å². The number of nitrogens with zero attached hydrogens (tertiary/aromatic N) is 1. The second kappa shape index (κ2) is 4.41. The molecule has 1 aromatic carbocycles. The minimum atomic E-state index is -0.0958. The van der Waals surface area contributed by atoms with Crippen LogP contribution in [-0.4, -0.2) is 24.3 Å². The maximum Gasteiger partial charge on any atom is 0.136 e. The van der Waals surface area contributed by atoms with Gasteiger partial charge in [0.05, 0.1) is 5.69 Å². The lowest BCUT2D eigenvalue weighted by molar-refractivity contribution is 0.250. The zero-order valence-corrected chi connectivity index (χ0v) is 10.6. The first-order valence-electron chi connectivity index (χ1n) is 5.87. The molecule has 0 spiro atoms. The summed E-state index contributed by atoms with van der Waals surface area (Å²) in [5, 5.41) is 10.2. The number of aliphatic hydroxyl groups excluding tert-OH is 1. The zero-order valence-electron chi connectivity index (χ0n) is 10.6. The Kier molecular flexibility index (Phi) is 3.11. The lowest BCUT2D eigenvalue weighted by atomic mass is 9.98. The summed E-state index contributed by atoms with van der Waals surface area (Å²) in [6, 6.07) is 7.99. The number of rotatable bonds is 4. The third kappa shape index (κ3) is 2.15. The molecule has 0 saturated carbocycles. The third-order valence-corrected chi connectivity index (χ3v) is 3.45. The first kappa shape index (κ1) is 12.0. The standard InChI is InChI=1S/C14H19NO2/c1-14(2,8-9-16)15(3)12-10-17-13-7-5-4-6-11(12)13/h4-7,10,16H,8-9H2,1-3H3. The molecule has 2 rings (SSSR count). The van der Waals surface area contributed by atoms with Crippen molar-refractivity contribution in [2.24, 2.45) is 0 Å². The van der Waals surface area contributed by atoms with Crippen molar-refractivity contribution in [2.75, 3.05) is 18.6 Å². The molecule has 1 N–H and O–H groups in total. The Bertz CT molecular complexity index is 502. The fourth-order valence-corrected chi connectivity index (χ4v) is 1.99. The Morgan fingerprint density at radius 2 is 2.00 bits per heavy atom. The second-order valence-corrected chi connectivity index (χ2v) is 4.96. The van der Waals surface area contributed by atoms with Gasteiger partial charge in [0, 0.05) is 24.6 Å². The molecule has 0 fully saturated rings. The van der Waals surface area contributed by atoms with Crippen LogP contribution in [0.1, 0.15) is 20.3 Å². The van der Waals surface area contributed by atoms with E-state index < -0.39 is 0 Å². The van der Waals surface area contributed by atoms with Gasteiger partial charge in [-0.3, -0.25) is 0 Å². The Morgan fingerprint density at radius 1 is 1.29 bits per heavy atom. The monoisotopic (exact) mass is 233 g/mol. The number of hydrogen-bond donors (Lipinski definition) is 1. The van der Waals surface area contributed by atoms with Crippen LogP contribution in [0.3, 0.4) is 0 Å². The van der Waals surface area contributed by atoms with E-state index in [9.17, 15) is 0 Å². The second-order valence-electron chi connectivity index (χ2n) is 4.96. The van der Waals surface area contributed by atoms with Crippen molar-refractivity contribution in [1.82, 2.24) is 0 Å². The van der Waals surface area contributed by atoms with Crippen molar-refractivity contribution >= 4 is 16.7 Å². The van der Waals surface area contributed by atoms with Crippen LogP contribution in [0, 0.1) is 0 Å². The third-order valence-electron chi connectivity index (χ3n) is 3.45. The zero-order chi connectivity index (χ0) is 12.5. The van der Waals surface area contributed by atoms with Crippen LogP contribution in [0.25, 0.3) is 11.0 Å². The van der Waals surface area contributed by atoms with Gasteiger partial charge in [-0.05, 0) is 32.4 Å². The molecule has 0 atom stereocenters. The fraction of sp³-hybridized carbons (Fsp3) is 0.429. The average molecular weight is 233 g/mol. The van der Waals surface area contributed by atoms with Crippen LogP contribution >= 0.6 is 0 Å². The largest absolute Gasteiger partial charge is 0.462 e. The van der Waals surface area contributed by atoms with E-state index in [2.05, 4.69) is 24.8 Å². The average Bonchev–Trinajstić information content (AvgIpc) is 2.71. The normalized spacial score (nSPS) is 12.0. The summed E-state index contributed by atoms with van der Waals surface area (Å²) in [5.74, 6) is 0. The van der Waals surface area contributed by atoms with Crippen molar-refractivity contribution in [1.29, 1.82) is 0 Å². The first-order chi connectivity index (χ1) is 8.06. The Labute approximate surface area is 102 Å². The van der Waals surface area contributed by atoms with Crippen LogP contribution in [0.5, 0.6) is 0 Å². The summed E-state index contributed by atoms with van der Waals surface area (Å²) in [6.07, 6.45) is 2.51. The Morgan fingerprint density at radius 3 is 2.71 bits per heavy atom. The molecular formula is C14H19NO2. The summed E-state index contributed by atoms with van der Waals surface area (Å²) in [4.78, 5) is 2.16. The van der Waals surface area contributed by atoms with Gasteiger partial charge in [0.1, 0.15) is 11.8 Å². The number of anilines is 1. The number of aliphatic hydroxyl groups is 1. The molecule has 2 aromatic rings. The van der Waals surface area contributed by atoms with E-state index in [1.165, 1.54) is 0 Å². The molecule has 0 aliphatic carbocycles. The van der Waals surface area contributed by atoms with E-state index in [0.29, 0.717) is 0 Å². The van der Waals surface area contributed by atoms with Crippen LogP contribution in [0.15, 0.2) is 34.9 Å². The van der Waals surface area contributed by atoms with Crippen molar-refractivity contribution in [3.8, 4) is 0 Å². The molecule has 1 aromatic heterocycles. The predicted octanol–water partition coefficient (Wildman–Crippen LogP) is 3.03. The van der Waals surface area contributed by atoms with E-state index in [1.54, 1.807) is 6.26 Å². The smallest absolute Gasteiger partial charge is 0.136 e. The van der Waals surface area contributed by atoms with Crippen LogP contribution in [0.4, 0.5) is 5.69 Å². The van der Waals surface area contributed by atoms with Gasteiger partial charge in [0.2, 0.25) is 0 Å². The molecular weight excluding hydrogens is 214 g/mol. The summed E-state index contributed by atoms with van der Waals surface area (Å²) >= 11 is 0. The maximum atomic E-state index is 9.11. The van der Waals surface area contributed by atoms with E-state index >= 15 is 0 Å². The molecule has 0 unspecified atom stereocenters. The lowest BCUT2D eigenvalue weighted by Crippen LogP contribution is -2.41. The highest BCUT2D eigenvalue weighted by molar-refractivity contribution is 5.91. The molecule has 0 saturated heterocycles. The van der Waals surface area contributed by atoms with Gasteiger partial charge >= 0.3 is 0 Å². The van der Waals surface area contributed by atoms with E-state index in [4.69, 9.17) is 9.52 Å². The highest BCUT2D eigenvalue weighted by Crippen LogP contribution is 2.33. The molecule has 1 heterocycles. The minimum Gasteiger partial charge on any atom is -0.462 e. The molecule has 0 amide bonds. The topological polar surface area (TPSA) is 36.6 Å². The number of hydrogen-bond acceptors (Lipinski definition) is 3.